The van der Waals surface area contributed by atoms with E-state index in [2.05, 4.69) is 26.0 Å². The zero-order chi connectivity index (χ0) is 21.0. The number of aryl methyl sites for hydroxylation is 1. The number of rotatable bonds is 6. The van der Waals surface area contributed by atoms with Crippen LogP contribution in [0, 0.1) is 6.92 Å². The van der Waals surface area contributed by atoms with Crippen LogP contribution in [-0.4, -0.2) is 14.3 Å². The number of anilines is 1. The van der Waals surface area contributed by atoms with E-state index < -0.39 is 10.0 Å². The van der Waals surface area contributed by atoms with Crippen molar-refractivity contribution in [2.24, 2.45) is 0 Å². The predicted octanol–water partition coefficient (Wildman–Crippen LogP) is 5.05. The van der Waals surface area contributed by atoms with Crippen molar-refractivity contribution in [1.29, 1.82) is 0 Å². The molecule has 0 aromatic heterocycles. The van der Waals surface area contributed by atoms with E-state index in [1.807, 2.05) is 50.2 Å². The van der Waals surface area contributed by atoms with Crippen LogP contribution in [0.5, 0.6) is 0 Å². The fourth-order valence-electron chi connectivity index (χ4n) is 2.86. The normalized spacial score (nSPS) is 12.2. The first kappa shape index (κ1) is 21.1. The van der Waals surface area contributed by atoms with Crippen molar-refractivity contribution in [2.75, 3.05) is 4.72 Å². The third-order valence-corrected chi connectivity index (χ3v) is 6.64. The first-order valence-electron chi connectivity index (χ1n) is 9.02. The Balaban J connectivity index is 1.73. The van der Waals surface area contributed by atoms with Gasteiger partial charge in [0.05, 0.1) is 16.6 Å². The first-order valence-corrected chi connectivity index (χ1v) is 11.3. The summed E-state index contributed by atoms with van der Waals surface area (Å²) in [4.78, 5) is 12.6. The Morgan fingerprint density at radius 2 is 1.55 bits per heavy atom. The number of carbonyl (C=O) groups excluding carboxylic acids is 1. The fourth-order valence-corrected chi connectivity index (χ4v) is 4.62. The molecule has 1 amide bonds. The Bertz CT molecular complexity index is 1130. The number of hydrogen-bond donors (Lipinski definition) is 2. The van der Waals surface area contributed by atoms with Crippen LogP contribution in [0.4, 0.5) is 5.69 Å². The molecule has 7 heteroatoms. The van der Waals surface area contributed by atoms with Gasteiger partial charge in [0.15, 0.2) is 0 Å². The maximum absolute atomic E-state index is 12.6. The van der Waals surface area contributed by atoms with E-state index in [0.717, 1.165) is 15.6 Å². The number of carbonyl (C=O) groups is 1. The standard InChI is InChI=1S/C22H21BrN2O3S/c1-15-7-3-6-10-21(15)25-29(27,28)18-13-11-17(12-14-18)22(26)24-16(2)19-8-4-5-9-20(19)23/h3-14,16,25H,1-2H3,(H,24,26). The van der Waals surface area contributed by atoms with Gasteiger partial charge in [-0.25, -0.2) is 8.42 Å². The van der Waals surface area contributed by atoms with Crippen molar-refractivity contribution in [3.63, 3.8) is 0 Å². The van der Waals surface area contributed by atoms with Crippen LogP contribution < -0.4 is 10.0 Å². The number of amides is 1. The van der Waals surface area contributed by atoms with Crippen LogP contribution >= 0.6 is 15.9 Å². The molecule has 5 nitrogen and oxygen atoms in total. The highest BCUT2D eigenvalue weighted by Gasteiger charge is 2.17. The lowest BCUT2D eigenvalue weighted by Crippen LogP contribution is -2.27. The molecule has 0 aliphatic rings. The topological polar surface area (TPSA) is 75.3 Å². The summed E-state index contributed by atoms with van der Waals surface area (Å²) in [5.41, 5.74) is 2.70. The summed E-state index contributed by atoms with van der Waals surface area (Å²) in [6, 6.07) is 20.5. The number of hydrogen-bond acceptors (Lipinski definition) is 3. The molecule has 1 atom stereocenters. The molecule has 0 heterocycles. The highest BCUT2D eigenvalue weighted by molar-refractivity contribution is 9.10. The van der Waals surface area contributed by atoms with Crippen LogP contribution in [0.15, 0.2) is 82.2 Å². The second-order valence-electron chi connectivity index (χ2n) is 6.66. The lowest BCUT2D eigenvalue weighted by Gasteiger charge is -2.16. The average molecular weight is 473 g/mol. The number of nitrogens with one attached hydrogen (secondary N) is 2. The maximum Gasteiger partial charge on any atom is 0.261 e. The molecule has 0 bridgehead atoms. The molecule has 0 radical (unpaired) electrons. The summed E-state index contributed by atoms with van der Waals surface area (Å²) in [6.07, 6.45) is 0. The number of sulfonamides is 1. The number of benzene rings is 3. The Morgan fingerprint density at radius 3 is 2.21 bits per heavy atom. The molecule has 29 heavy (non-hydrogen) atoms. The van der Waals surface area contributed by atoms with Crippen LogP contribution in [0.1, 0.15) is 34.5 Å². The van der Waals surface area contributed by atoms with Crippen molar-refractivity contribution in [3.05, 3.63) is 94.0 Å². The van der Waals surface area contributed by atoms with E-state index in [1.54, 1.807) is 12.1 Å². The zero-order valence-electron chi connectivity index (χ0n) is 16.0. The van der Waals surface area contributed by atoms with Gasteiger partial charge < -0.3 is 5.32 Å². The molecule has 0 saturated carbocycles. The lowest BCUT2D eigenvalue weighted by atomic mass is 10.1. The summed E-state index contributed by atoms with van der Waals surface area (Å²) < 4.78 is 28.7. The Hall–Kier alpha value is -2.64. The van der Waals surface area contributed by atoms with Gasteiger partial charge in [-0.2, -0.15) is 0 Å². The molecule has 0 fully saturated rings. The lowest BCUT2D eigenvalue weighted by molar-refractivity contribution is 0.0939. The summed E-state index contributed by atoms with van der Waals surface area (Å²) in [6.45, 7) is 3.72. The van der Waals surface area contributed by atoms with Crippen molar-refractivity contribution in [3.8, 4) is 0 Å². The van der Waals surface area contributed by atoms with Gasteiger partial charge in [-0.1, -0.05) is 52.3 Å². The van der Waals surface area contributed by atoms with Gasteiger partial charge in [-0.05, 0) is 61.4 Å². The van der Waals surface area contributed by atoms with Crippen LogP contribution in [0.3, 0.4) is 0 Å². The summed E-state index contributed by atoms with van der Waals surface area (Å²) in [7, 11) is -3.74. The van der Waals surface area contributed by atoms with Crippen molar-refractivity contribution >= 4 is 37.5 Å². The summed E-state index contributed by atoms with van der Waals surface area (Å²) in [5.74, 6) is -0.274. The van der Waals surface area contributed by atoms with Crippen LogP contribution in [0.25, 0.3) is 0 Å². The van der Waals surface area contributed by atoms with Crippen LogP contribution in [-0.2, 0) is 10.0 Å². The molecular formula is C22H21BrN2O3S. The Morgan fingerprint density at radius 1 is 0.931 bits per heavy atom. The molecule has 3 aromatic rings. The van der Waals surface area contributed by atoms with Gasteiger partial charge in [-0.3, -0.25) is 9.52 Å². The van der Waals surface area contributed by atoms with Gasteiger partial charge in [0, 0.05) is 10.0 Å². The van der Waals surface area contributed by atoms with E-state index in [9.17, 15) is 13.2 Å². The number of halogens is 1. The monoisotopic (exact) mass is 472 g/mol. The van der Waals surface area contributed by atoms with E-state index in [0.29, 0.717) is 11.3 Å². The third-order valence-electron chi connectivity index (χ3n) is 4.54. The zero-order valence-corrected chi connectivity index (χ0v) is 18.4. The quantitative estimate of drug-likeness (QED) is 0.526. The average Bonchev–Trinajstić information content (AvgIpc) is 2.70. The highest BCUT2D eigenvalue weighted by atomic mass is 79.9. The fraction of sp³-hybridized carbons (Fsp3) is 0.136. The van der Waals surface area contributed by atoms with Crippen molar-refractivity contribution < 1.29 is 13.2 Å². The summed E-state index contributed by atoms with van der Waals surface area (Å²) in [5, 5.41) is 2.92. The Kier molecular flexibility index (Phi) is 6.39. The SMILES string of the molecule is Cc1ccccc1NS(=O)(=O)c1ccc(C(=O)NC(C)c2ccccc2Br)cc1. The largest absolute Gasteiger partial charge is 0.345 e. The highest BCUT2D eigenvalue weighted by Crippen LogP contribution is 2.23. The molecule has 0 aliphatic carbocycles. The van der Waals surface area contributed by atoms with E-state index in [1.165, 1.54) is 24.3 Å². The van der Waals surface area contributed by atoms with E-state index >= 15 is 0 Å². The molecule has 1 unspecified atom stereocenters. The Labute approximate surface area is 179 Å². The molecule has 0 aliphatic heterocycles. The molecule has 3 rings (SSSR count). The minimum absolute atomic E-state index is 0.0937. The summed E-state index contributed by atoms with van der Waals surface area (Å²) >= 11 is 3.48. The molecule has 150 valence electrons. The predicted molar refractivity (Wildman–Crippen MR) is 118 cm³/mol. The maximum atomic E-state index is 12.6. The minimum atomic E-state index is -3.74. The van der Waals surface area contributed by atoms with Crippen LogP contribution in [0.2, 0.25) is 0 Å². The second-order valence-corrected chi connectivity index (χ2v) is 9.20. The first-order chi connectivity index (χ1) is 13.8. The molecule has 3 aromatic carbocycles. The van der Waals surface area contributed by atoms with Gasteiger partial charge >= 0.3 is 0 Å². The van der Waals surface area contributed by atoms with Gasteiger partial charge in [0.1, 0.15) is 0 Å². The molecular weight excluding hydrogens is 452 g/mol. The van der Waals surface area contributed by atoms with Gasteiger partial charge in [0.25, 0.3) is 15.9 Å². The second kappa shape index (κ2) is 8.80. The number of para-hydroxylation sites is 1. The van der Waals surface area contributed by atoms with Crippen molar-refractivity contribution in [2.45, 2.75) is 24.8 Å². The van der Waals surface area contributed by atoms with E-state index in [4.69, 9.17) is 0 Å². The van der Waals surface area contributed by atoms with Gasteiger partial charge in [-0.15, -0.1) is 0 Å². The smallest absolute Gasteiger partial charge is 0.261 e. The van der Waals surface area contributed by atoms with Crippen molar-refractivity contribution in [1.82, 2.24) is 5.32 Å². The molecule has 0 saturated heterocycles. The van der Waals surface area contributed by atoms with E-state index in [-0.39, 0.29) is 16.8 Å². The molecule has 2 N–H and O–H groups in total. The third kappa shape index (κ3) is 5.05. The minimum Gasteiger partial charge on any atom is -0.345 e. The molecule has 0 spiro atoms. The van der Waals surface area contributed by atoms with Gasteiger partial charge in [0.2, 0.25) is 0 Å².